The molecule has 1 heterocycles. The van der Waals surface area contributed by atoms with Gasteiger partial charge in [-0.2, -0.15) is 4.98 Å². The highest BCUT2D eigenvalue weighted by atomic mass is 16.5. The van der Waals surface area contributed by atoms with Crippen LogP contribution in [0.4, 0.5) is 0 Å². The average molecular weight is 225 g/mol. The molecule has 1 aromatic heterocycles. The molecule has 0 atom stereocenters. The lowest BCUT2D eigenvalue weighted by Crippen LogP contribution is -2.17. The van der Waals surface area contributed by atoms with Crippen molar-refractivity contribution in [3.63, 3.8) is 0 Å². The second kappa shape index (κ2) is 5.41. The van der Waals surface area contributed by atoms with Crippen LogP contribution in [0.5, 0.6) is 5.88 Å². The fourth-order valence-electron chi connectivity index (χ4n) is 1.12. The van der Waals surface area contributed by atoms with Crippen LogP contribution < -0.4 is 4.74 Å². The number of hydrogen-bond acceptors (Lipinski definition) is 5. The smallest absolute Gasteiger partial charge is 0.354 e. The van der Waals surface area contributed by atoms with Gasteiger partial charge in [0.05, 0.1) is 7.11 Å². The maximum absolute atomic E-state index is 10.8. The highest BCUT2D eigenvalue weighted by molar-refractivity contribution is 5.85. The standard InChI is InChI=1S/C10H15N3O3/c1-13(2)5-4-8-11-7(10(14)15)6-9(12-8)16-3/h6H,4-5H2,1-3H3,(H,14,15). The SMILES string of the molecule is COc1cc(C(=O)O)nc(CCN(C)C)n1. The lowest BCUT2D eigenvalue weighted by molar-refractivity contribution is 0.0689. The van der Waals surface area contributed by atoms with Crippen molar-refractivity contribution in [2.45, 2.75) is 6.42 Å². The minimum Gasteiger partial charge on any atom is -0.481 e. The zero-order chi connectivity index (χ0) is 12.1. The van der Waals surface area contributed by atoms with Gasteiger partial charge >= 0.3 is 5.97 Å². The molecule has 0 bridgehead atoms. The van der Waals surface area contributed by atoms with Crippen molar-refractivity contribution in [1.82, 2.24) is 14.9 Å². The molecule has 0 unspecified atom stereocenters. The van der Waals surface area contributed by atoms with Crippen LogP contribution in [0.25, 0.3) is 0 Å². The maximum atomic E-state index is 10.8. The summed E-state index contributed by atoms with van der Waals surface area (Å²) in [7, 11) is 5.31. The number of aromatic carboxylic acids is 1. The third kappa shape index (κ3) is 3.47. The molecule has 0 aliphatic heterocycles. The Morgan fingerprint density at radius 2 is 2.19 bits per heavy atom. The number of likely N-dealkylation sites (N-methyl/N-ethyl adjacent to an activating group) is 1. The van der Waals surface area contributed by atoms with Crippen LogP contribution in [0.2, 0.25) is 0 Å². The molecule has 0 saturated heterocycles. The summed E-state index contributed by atoms with van der Waals surface area (Å²) < 4.78 is 4.92. The Bertz CT molecular complexity index is 380. The topological polar surface area (TPSA) is 75.6 Å². The predicted molar refractivity (Wildman–Crippen MR) is 57.8 cm³/mol. The van der Waals surface area contributed by atoms with Gasteiger partial charge in [-0.25, -0.2) is 9.78 Å². The number of methoxy groups -OCH3 is 1. The minimum atomic E-state index is -1.08. The third-order valence-corrected chi connectivity index (χ3v) is 1.96. The maximum Gasteiger partial charge on any atom is 0.354 e. The average Bonchev–Trinajstić information content (AvgIpc) is 2.25. The molecular weight excluding hydrogens is 210 g/mol. The molecule has 0 aliphatic rings. The van der Waals surface area contributed by atoms with Gasteiger partial charge in [-0.1, -0.05) is 0 Å². The third-order valence-electron chi connectivity index (χ3n) is 1.96. The second-order valence-electron chi connectivity index (χ2n) is 3.57. The van der Waals surface area contributed by atoms with E-state index in [1.165, 1.54) is 13.2 Å². The summed E-state index contributed by atoms with van der Waals surface area (Å²) in [6.07, 6.45) is 0.588. The van der Waals surface area contributed by atoms with Gasteiger partial charge < -0.3 is 14.7 Å². The summed E-state index contributed by atoms with van der Waals surface area (Å²) in [5.41, 5.74) is -0.0411. The fourth-order valence-corrected chi connectivity index (χ4v) is 1.12. The number of carboxylic acids is 1. The second-order valence-corrected chi connectivity index (χ2v) is 3.57. The number of hydrogen-bond donors (Lipinski definition) is 1. The molecule has 1 N–H and O–H groups in total. The van der Waals surface area contributed by atoms with Crippen LogP contribution in [-0.2, 0) is 6.42 Å². The Kier molecular flexibility index (Phi) is 4.19. The van der Waals surface area contributed by atoms with Gasteiger partial charge in [0, 0.05) is 19.0 Å². The molecule has 0 saturated carbocycles. The van der Waals surface area contributed by atoms with Crippen molar-refractivity contribution in [2.75, 3.05) is 27.7 Å². The lowest BCUT2D eigenvalue weighted by Gasteiger charge is -2.09. The quantitative estimate of drug-likeness (QED) is 0.776. The summed E-state index contributed by atoms with van der Waals surface area (Å²) in [4.78, 5) is 20.8. The van der Waals surface area contributed by atoms with E-state index in [-0.39, 0.29) is 11.6 Å². The van der Waals surface area contributed by atoms with Crippen LogP contribution in [0.3, 0.4) is 0 Å². The van der Waals surface area contributed by atoms with Crippen molar-refractivity contribution in [3.8, 4) is 5.88 Å². The van der Waals surface area contributed by atoms with E-state index in [1.807, 2.05) is 19.0 Å². The molecule has 6 nitrogen and oxygen atoms in total. The first-order valence-corrected chi connectivity index (χ1v) is 4.83. The predicted octanol–water partition coefficient (Wildman–Crippen LogP) is 0.287. The summed E-state index contributed by atoms with van der Waals surface area (Å²) >= 11 is 0. The monoisotopic (exact) mass is 225 g/mol. The first-order valence-electron chi connectivity index (χ1n) is 4.83. The van der Waals surface area contributed by atoms with Gasteiger partial charge in [0.25, 0.3) is 0 Å². The number of aromatic nitrogens is 2. The highest BCUT2D eigenvalue weighted by Gasteiger charge is 2.10. The Balaban J connectivity index is 2.90. The van der Waals surface area contributed by atoms with E-state index in [9.17, 15) is 4.79 Å². The Labute approximate surface area is 93.9 Å². The van der Waals surface area contributed by atoms with Crippen LogP contribution in [0.15, 0.2) is 6.07 Å². The Morgan fingerprint density at radius 1 is 1.50 bits per heavy atom. The van der Waals surface area contributed by atoms with Gasteiger partial charge in [-0.15, -0.1) is 0 Å². The molecule has 1 rings (SSSR count). The molecule has 1 aromatic rings. The van der Waals surface area contributed by atoms with Gasteiger partial charge in [-0.05, 0) is 14.1 Å². The molecule has 6 heteroatoms. The van der Waals surface area contributed by atoms with Gasteiger partial charge in [0.2, 0.25) is 5.88 Å². The molecule has 0 spiro atoms. The van der Waals surface area contributed by atoms with Crippen LogP contribution in [0, 0.1) is 0 Å². The van der Waals surface area contributed by atoms with Crippen molar-refractivity contribution < 1.29 is 14.6 Å². The van der Waals surface area contributed by atoms with E-state index in [2.05, 4.69) is 9.97 Å². The minimum absolute atomic E-state index is 0.0411. The molecular formula is C10H15N3O3. The zero-order valence-corrected chi connectivity index (χ0v) is 9.60. The highest BCUT2D eigenvalue weighted by Crippen LogP contribution is 2.09. The number of ether oxygens (including phenoxy) is 1. The van der Waals surface area contributed by atoms with Crippen molar-refractivity contribution >= 4 is 5.97 Å². The van der Waals surface area contributed by atoms with Crippen LogP contribution in [-0.4, -0.2) is 53.7 Å². The molecule has 0 aromatic carbocycles. The Hall–Kier alpha value is -1.69. The van der Waals surface area contributed by atoms with Crippen LogP contribution in [0.1, 0.15) is 16.3 Å². The van der Waals surface area contributed by atoms with E-state index >= 15 is 0 Å². The summed E-state index contributed by atoms with van der Waals surface area (Å²) in [6.45, 7) is 0.756. The number of carbonyl (C=O) groups is 1. The van der Waals surface area contributed by atoms with Gasteiger partial charge in [-0.3, -0.25) is 0 Å². The molecule has 0 aliphatic carbocycles. The van der Waals surface area contributed by atoms with Crippen molar-refractivity contribution in [2.24, 2.45) is 0 Å². The summed E-state index contributed by atoms with van der Waals surface area (Å²) in [5, 5.41) is 8.85. The normalized spacial score (nSPS) is 10.5. The number of rotatable bonds is 5. The van der Waals surface area contributed by atoms with Gasteiger partial charge in [0.15, 0.2) is 5.69 Å². The first-order chi connectivity index (χ1) is 7.52. The fraction of sp³-hybridized carbons (Fsp3) is 0.500. The van der Waals surface area contributed by atoms with Crippen LogP contribution >= 0.6 is 0 Å². The largest absolute Gasteiger partial charge is 0.481 e. The van der Waals surface area contributed by atoms with E-state index in [1.54, 1.807) is 0 Å². The number of carboxylic acid groups (broad SMARTS) is 1. The molecule has 0 radical (unpaired) electrons. The van der Waals surface area contributed by atoms with E-state index in [0.29, 0.717) is 12.2 Å². The van der Waals surface area contributed by atoms with Crippen molar-refractivity contribution in [3.05, 3.63) is 17.6 Å². The van der Waals surface area contributed by atoms with E-state index < -0.39 is 5.97 Å². The lowest BCUT2D eigenvalue weighted by atomic mass is 10.3. The van der Waals surface area contributed by atoms with Gasteiger partial charge in [0.1, 0.15) is 5.82 Å². The van der Waals surface area contributed by atoms with Crippen molar-refractivity contribution in [1.29, 1.82) is 0 Å². The number of nitrogens with zero attached hydrogens (tertiary/aromatic N) is 3. The molecule has 0 fully saturated rings. The summed E-state index contributed by atoms with van der Waals surface area (Å²) in [6, 6.07) is 1.31. The van der Waals surface area contributed by atoms with E-state index in [4.69, 9.17) is 9.84 Å². The zero-order valence-electron chi connectivity index (χ0n) is 9.60. The van der Waals surface area contributed by atoms with E-state index in [0.717, 1.165) is 6.54 Å². The molecule has 16 heavy (non-hydrogen) atoms. The summed E-state index contributed by atoms with van der Waals surface area (Å²) in [5.74, 6) is -0.321. The Morgan fingerprint density at radius 3 is 2.69 bits per heavy atom. The molecule has 0 amide bonds. The first kappa shape index (κ1) is 12.4. The molecule has 88 valence electrons.